The summed E-state index contributed by atoms with van der Waals surface area (Å²) in [6.07, 6.45) is 2.80. The van der Waals surface area contributed by atoms with Crippen LogP contribution in [0.15, 0.2) is 0 Å². The molecule has 0 aliphatic heterocycles. The van der Waals surface area contributed by atoms with Crippen LogP contribution in [0.25, 0.3) is 0 Å². The molecule has 0 bridgehead atoms. The van der Waals surface area contributed by atoms with Gasteiger partial charge in [-0.2, -0.15) is 0 Å². The minimum Gasteiger partial charge on any atom is -0.460 e. The third kappa shape index (κ3) is 9.52. The molecule has 0 aromatic rings. The third-order valence-electron chi connectivity index (χ3n) is 1.63. The van der Waals surface area contributed by atoms with Crippen molar-refractivity contribution in [3.63, 3.8) is 0 Å². The molecular weight excluding hydrogens is 178 g/mol. The molecule has 0 atom stereocenters. The lowest BCUT2D eigenvalue weighted by atomic mass is 10.2. The van der Waals surface area contributed by atoms with Gasteiger partial charge >= 0.3 is 5.97 Å². The maximum Gasteiger partial charge on any atom is 0.307 e. The second kappa shape index (κ2) is 6.82. The van der Waals surface area contributed by atoms with Gasteiger partial charge in [-0.05, 0) is 33.7 Å². The summed E-state index contributed by atoms with van der Waals surface area (Å²) in [6.45, 7) is 9.50. The van der Waals surface area contributed by atoms with Crippen LogP contribution in [-0.2, 0) is 9.53 Å². The van der Waals surface area contributed by atoms with Crippen LogP contribution >= 0.6 is 0 Å². The molecule has 84 valence electrons. The fourth-order valence-corrected chi connectivity index (χ4v) is 1.01. The number of ether oxygens (including phenoxy) is 1. The lowest BCUT2D eigenvalue weighted by Crippen LogP contribution is -2.27. The average Bonchev–Trinajstić information content (AvgIpc) is 2.00. The Morgan fingerprint density at radius 3 is 2.43 bits per heavy atom. The Kier molecular flexibility index (Phi) is 6.54. The Morgan fingerprint density at radius 1 is 1.29 bits per heavy atom. The van der Waals surface area contributed by atoms with Crippen molar-refractivity contribution < 1.29 is 9.53 Å². The average molecular weight is 201 g/mol. The molecule has 0 aromatic heterocycles. The second-order valence-electron chi connectivity index (χ2n) is 4.44. The minimum absolute atomic E-state index is 0.124. The van der Waals surface area contributed by atoms with Gasteiger partial charge < -0.3 is 10.1 Å². The smallest absolute Gasteiger partial charge is 0.307 e. The number of carbonyl (C=O) groups is 1. The number of carbonyl (C=O) groups excluding carboxylic acids is 1. The fourth-order valence-electron chi connectivity index (χ4n) is 1.01. The van der Waals surface area contributed by atoms with Crippen molar-refractivity contribution in [1.29, 1.82) is 0 Å². The van der Waals surface area contributed by atoms with Gasteiger partial charge in [-0.25, -0.2) is 0 Å². The Bertz CT molecular complexity index is 161. The van der Waals surface area contributed by atoms with Gasteiger partial charge in [-0.3, -0.25) is 4.79 Å². The highest BCUT2D eigenvalue weighted by molar-refractivity contribution is 5.70. The first-order chi connectivity index (χ1) is 6.45. The minimum atomic E-state index is -0.361. The molecule has 0 amide bonds. The Labute approximate surface area is 87.2 Å². The van der Waals surface area contributed by atoms with Crippen molar-refractivity contribution in [2.24, 2.45) is 0 Å². The molecule has 14 heavy (non-hydrogen) atoms. The number of hydrogen-bond acceptors (Lipinski definition) is 3. The number of unbranched alkanes of at least 4 members (excludes halogenated alkanes) is 1. The largest absolute Gasteiger partial charge is 0.460 e. The van der Waals surface area contributed by atoms with E-state index in [0.29, 0.717) is 6.42 Å². The zero-order chi connectivity index (χ0) is 11.0. The molecule has 0 saturated carbocycles. The van der Waals surface area contributed by atoms with E-state index in [4.69, 9.17) is 4.74 Å². The van der Waals surface area contributed by atoms with Crippen molar-refractivity contribution in [2.45, 2.75) is 52.6 Å². The number of nitrogens with one attached hydrogen (secondary N) is 1. The van der Waals surface area contributed by atoms with E-state index in [-0.39, 0.29) is 11.6 Å². The van der Waals surface area contributed by atoms with Crippen LogP contribution in [0.2, 0.25) is 0 Å². The zero-order valence-electron chi connectivity index (χ0n) is 9.85. The number of rotatable bonds is 6. The summed E-state index contributed by atoms with van der Waals surface area (Å²) in [5, 5.41) is 3.20. The second-order valence-corrected chi connectivity index (χ2v) is 4.44. The Morgan fingerprint density at radius 2 is 1.93 bits per heavy atom. The van der Waals surface area contributed by atoms with Gasteiger partial charge in [0.25, 0.3) is 0 Å². The number of esters is 1. The van der Waals surface area contributed by atoms with Crippen LogP contribution in [-0.4, -0.2) is 24.7 Å². The van der Waals surface area contributed by atoms with E-state index < -0.39 is 0 Å². The molecule has 3 heteroatoms. The quantitative estimate of drug-likeness (QED) is 0.528. The summed E-state index contributed by atoms with van der Waals surface area (Å²) < 4.78 is 5.17. The van der Waals surface area contributed by atoms with Crippen molar-refractivity contribution in [1.82, 2.24) is 5.32 Å². The number of hydrogen-bond donors (Lipinski definition) is 1. The molecule has 0 spiro atoms. The van der Waals surface area contributed by atoms with Gasteiger partial charge in [0, 0.05) is 6.54 Å². The maximum atomic E-state index is 11.2. The highest BCUT2D eigenvalue weighted by Crippen LogP contribution is 2.07. The van der Waals surface area contributed by atoms with E-state index in [0.717, 1.165) is 19.5 Å². The summed E-state index contributed by atoms with van der Waals surface area (Å²) >= 11 is 0. The molecule has 0 saturated heterocycles. The molecule has 0 heterocycles. The predicted octanol–water partition coefficient (Wildman–Crippen LogP) is 2.11. The standard InChI is InChI=1S/C11H23NO2/c1-5-6-8-12-9-7-10(13)14-11(2,3)4/h12H,5-9H2,1-4H3. The molecule has 0 fully saturated rings. The summed E-state index contributed by atoms with van der Waals surface area (Å²) in [7, 11) is 0. The van der Waals surface area contributed by atoms with Gasteiger partial charge in [0.1, 0.15) is 5.60 Å². The lowest BCUT2D eigenvalue weighted by Gasteiger charge is -2.19. The third-order valence-corrected chi connectivity index (χ3v) is 1.63. The molecule has 1 N–H and O–H groups in total. The molecule has 0 unspecified atom stereocenters. The Balaban J connectivity index is 3.36. The fraction of sp³-hybridized carbons (Fsp3) is 0.909. The monoisotopic (exact) mass is 201 g/mol. The topological polar surface area (TPSA) is 38.3 Å². The highest BCUT2D eigenvalue weighted by Gasteiger charge is 2.15. The molecular formula is C11H23NO2. The summed E-state index contributed by atoms with van der Waals surface area (Å²) in [6, 6.07) is 0. The van der Waals surface area contributed by atoms with E-state index in [1.807, 2.05) is 20.8 Å². The maximum absolute atomic E-state index is 11.2. The molecule has 0 aliphatic rings. The SMILES string of the molecule is CCCCNCCC(=O)OC(C)(C)C. The van der Waals surface area contributed by atoms with Crippen LogP contribution in [0.4, 0.5) is 0 Å². The first kappa shape index (κ1) is 13.4. The van der Waals surface area contributed by atoms with Crippen LogP contribution < -0.4 is 5.32 Å². The van der Waals surface area contributed by atoms with Crippen LogP contribution in [0.1, 0.15) is 47.0 Å². The van der Waals surface area contributed by atoms with Crippen molar-refractivity contribution in [2.75, 3.05) is 13.1 Å². The van der Waals surface area contributed by atoms with E-state index in [1.54, 1.807) is 0 Å². The molecule has 0 aromatic carbocycles. The van der Waals surface area contributed by atoms with Crippen LogP contribution in [0.3, 0.4) is 0 Å². The first-order valence-electron chi connectivity index (χ1n) is 5.38. The van der Waals surface area contributed by atoms with Gasteiger partial charge in [-0.1, -0.05) is 13.3 Å². The van der Waals surface area contributed by atoms with Gasteiger partial charge in [0.15, 0.2) is 0 Å². The molecule has 0 aliphatic carbocycles. The Hall–Kier alpha value is -0.570. The van der Waals surface area contributed by atoms with E-state index in [2.05, 4.69) is 12.2 Å². The summed E-state index contributed by atoms with van der Waals surface area (Å²) in [4.78, 5) is 11.2. The summed E-state index contributed by atoms with van der Waals surface area (Å²) in [5.74, 6) is -0.124. The van der Waals surface area contributed by atoms with Crippen LogP contribution in [0.5, 0.6) is 0 Å². The van der Waals surface area contributed by atoms with E-state index >= 15 is 0 Å². The summed E-state index contributed by atoms with van der Waals surface area (Å²) in [5.41, 5.74) is -0.361. The van der Waals surface area contributed by atoms with E-state index in [1.165, 1.54) is 6.42 Å². The highest BCUT2D eigenvalue weighted by atomic mass is 16.6. The van der Waals surface area contributed by atoms with Crippen molar-refractivity contribution >= 4 is 5.97 Å². The van der Waals surface area contributed by atoms with Crippen LogP contribution in [0, 0.1) is 0 Å². The van der Waals surface area contributed by atoms with Gasteiger partial charge in [0.2, 0.25) is 0 Å². The zero-order valence-corrected chi connectivity index (χ0v) is 9.85. The lowest BCUT2D eigenvalue weighted by molar-refractivity contribution is -0.154. The predicted molar refractivity (Wildman–Crippen MR) is 58.2 cm³/mol. The first-order valence-corrected chi connectivity index (χ1v) is 5.38. The van der Waals surface area contributed by atoms with E-state index in [9.17, 15) is 4.79 Å². The van der Waals surface area contributed by atoms with Crippen molar-refractivity contribution in [3.8, 4) is 0 Å². The van der Waals surface area contributed by atoms with Gasteiger partial charge in [0.05, 0.1) is 6.42 Å². The van der Waals surface area contributed by atoms with Crippen molar-refractivity contribution in [3.05, 3.63) is 0 Å². The molecule has 3 nitrogen and oxygen atoms in total. The normalized spacial score (nSPS) is 11.4. The van der Waals surface area contributed by atoms with Gasteiger partial charge in [-0.15, -0.1) is 0 Å². The molecule has 0 rings (SSSR count). The molecule has 0 radical (unpaired) electrons.